The maximum absolute atomic E-state index is 13.4. The molecule has 0 aliphatic rings. The predicted octanol–water partition coefficient (Wildman–Crippen LogP) is 2.64. The van der Waals surface area contributed by atoms with Gasteiger partial charge in [0, 0.05) is 5.56 Å². The summed E-state index contributed by atoms with van der Waals surface area (Å²) in [6.07, 6.45) is -1.03. The zero-order valence-corrected chi connectivity index (χ0v) is 9.58. The van der Waals surface area contributed by atoms with Gasteiger partial charge in [-0.05, 0) is 30.3 Å². The van der Waals surface area contributed by atoms with E-state index in [9.17, 15) is 9.50 Å². The molecule has 0 saturated heterocycles. The molecule has 1 atom stereocenters. The average molecular weight is 248 g/mol. The molecular weight excluding hydrogens is 235 g/mol. The van der Waals surface area contributed by atoms with Crippen LogP contribution in [0.25, 0.3) is 0 Å². The summed E-state index contributed by atoms with van der Waals surface area (Å²) in [7, 11) is 0. The molecule has 0 spiro atoms. The van der Waals surface area contributed by atoms with Crippen molar-refractivity contribution in [3.8, 4) is 11.5 Å². The lowest BCUT2D eigenvalue weighted by atomic mass is 10.1. The van der Waals surface area contributed by atoms with E-state index in [0.717, 1.165) is 0 Å². The molecule has 0 aliphatic carbocycles. The van der Waals surface area contributed by atoms with Gasteiger partial charge in [0.1, 0.15) is 30.0 Å². The van der Waals surface area contributed by atoms with E-state index in [-0.39, 0.29) is 17.9 Å². The predicted molar refractivity (Wildman–Crippen MR) is 65.0 cm³/mol. The van der Waals surface area contributed by atoms with Crippen LogP contribution in [0.15, 0.2) is 48.5 Å². The average Bonchev–Trinajstić information content (AvgIpc) is 2.38. The number of halogens is 1. The first-order valence-corrected chi connectivity index (χ1v) is 5.51. The molecule has 0 bridgehead atoms. The van der Waals surface area contributed by atoms with Crippen molar-refractivity contribution < 1.29 is 19.3 Å². The Morgan fingerprint density at radius 3 is 2.39 bits per heavy atom. The second-order valence-electron chi connectivity index (χ2n) is 3.84. The summed E-state index contributed by atoms with van der Waals surface area (Å²) in [6, 6.07) is 12.1. The number of aliphatic hydroxyl groups is 1. The summed E-state index contributed by atoms with van der Waals surface area (Å²) >= 11 is 0. The van der Waals surface area contributed by atoms with Gasteiger partial charge >= 0.3 is 0 Å². The molecule has 4 heteroatoms. The van der Waals surface area contributed by atoms with Crippen LogP contribution in [-0.4, -0.2) is 16.8 Å². The van der Waals surface area contributed by atoms with E-state index in [0.29, 0.717) is 5.75 Å². The van der Waals surface area contributed by atoms with E-state index >= 15 is 0 Å². The molecule has 1 unspecified atom stereocenters. The fraction of sp³-hybridized carbons (Fsp3) is 0.143. The third-order valence-corrected chi connectivity index (χ3v) is 2.51. The highest BCUT2D eigenvalue weighted by molar-refractivity contribution is 5.30. The van der Waals surface area contributed by atoms with Crippen LogP contribution < -0.4 is 4.74 Å². The van der Waals surface area contributed by atoms with Crippen LogP contribution in [0.5, 0.6) is 11.5 Å². The normalized spacial score (nSPS) is 12.1. The Morgan fingerprint density at radius 1 is 1.06 bits per heavy atom. The van der Waals surface area contributed by atoms with Crippen LogP contribution in [0.4, 0.5) is 4.39 Å². The molecule has 94 valence electrons. The molecule has 0 radical (unpaired) electrons. The van der Waals surface area contributed by atoms with E-state index in [2.05, 4.69) is 0 Å². The molecule has 2 aromatic carbocycles. The van der Waals surface area contributed by atoms with Crippen molar-refractivity contribution in [2.75, 3.05) is 6.61 Å². The highest BCUT2D eigenvalue weighted by atomic mass is 19.1. The van der Waals surface area contributed by atoms with Gasteiger partial charge < -0.3 is 14.9 Å². The first kappa shape index (κ1) is 12.4. The number of rotatable bonds is 4. The third kappa shape index (κ3) is 2.99. The molecule has 3 nitrogen and oxygen atoms in total. The number of benzene rings is 2. The van der Waals surface area contributed by atoms with Crippen LogP contribution in [0.1, 0.15) is 11.7 Å². The summed E-state index contributed by atoms with van der Waals surface area (Å²) in [5.74, 6) is 0.180. The lowest BCUT2D eigenvalue weighted by Crippen LogP contribution is -2.11. The van der Waals surface area contributed by atoms with E-state index in [1.807, 2.05) is 0 Å². The maximum atomic E-state index is 13.4. The van der Waals surface area contributed by atoms with Crippen molar-refractivity contribution in [1.29, 1.82) is 0 Å². The Kier molecular flexibility index (Phi) is 3.79. The lowest BCUT2D eigenvalue weighted by molar-refractivity contribution is 0.105. The number of aliphatic hydroxyl groups excluding tert-OH is 1. The first-order valence-electron chi connectivity index (χ1n) is 5.51. The van der Waals surface area contributed by atoms with E-state index in [1.54, 1.807) is 24.3 Å². The van der Waals surface area contributed by atoms with Crippen molar-refractivity contribution in [2.45, 2.75) is 6.10 Å². The van der Waals surface area contributed by atoms with Crippen molar-refractivity contribution in [3.05, 3.63) is 59.9 Å². The van der Waals surface area contributed by atoms with Gasteiger partial charge in [-0.3, -0.25) is 0 Å². The molecule has 2 N–H and O–H groups in total. The maximum Gasteiger partial charge on any atom is 0.129 e. The Balaban J connectivity index is 1.98. The van der Waals surface area contributed by atoms with Crippen LogP contribution in [0.2, 0.25) is 0 Å². The minimum atomic E-state index is -1.03. The Bertz CT molecular complexity index is 511. The van der Waals surface area contributed by atoms with Crippen molar-refractivity contribution >= 4 is 0 Å². The Labute approximate surface area is 104 Å². The molecule has 2 rings (SSSR count). The first-order chi connectivity index (χ1) is 8.66. The Morgan fingerprint density at radius 2 is 1.72 bits per heavy atom. The molecule has 0 aromatic heterocycles. The fourth-order valence-corrected chi connectivity index (χ4v) is 1.55. The van der Waals surface area contributed by atoms with Gasteiger partial charge in [0.05, 0.1) is 0 Å². The number of ether oxygens (including phenoxy) is 1. The SMILES string of the molecule is Oc1ccc(OCC(O)c2ccccc2F)cc1. The third-order valence-electron chi connectivity index (χ3n) is 2.51. The molecule has 0 aliphatic heterocycles. The number of hydrogen-bond acceptors (Lipinski definition) is 3. The number of aromatic hydroxyl groups is 1. The van der Waals surface area contributed by atoms with Crippen molar-refractivity contribution in [3.63, 3.8) is 0 Å². The van der Waals surface area contributed by atoms with Crippen LogP contribution in [0.3, 0.4) is 0 Å². The number of hydrogen-bond donors (Lipinski definition) is 2. The summed E-state index contributed by atoms with van der Waals surface area (Å²) in [5, 5.41) is 18.9. The van der Waals surface area contributed by atoms with Gasteiger partial charge in [0.2, 0.25) is 0 Å². The highest BCUT2D eigenvalue weighted by Crippen LogP contribution is 2.20. The van der Waals surface area contributed by atoms with E-state index in [1.165, 1.54) is 24.3 Å². The largest absolute Gasteiger partial charge is 0.508 e. The molecule has 0 amide bonds. The highest BCUT2D eigenvalue weighted by Gasteiger charge is 2.12. The standard InChI is InChI=1S/C14H13FO3/c15-13-4-2-1-3-12(13)14(17)9-18-11-7-5-10(16)6-8-11/h1-8,14,16-17H,9H2. The van der Waals surface area contributed by atoms with Gasteiger partial charge in [0.15, 0.2) is 0 Å². The summed E-state index contributed by atoms with van der Waals surface area (Å²) < 4.78 is 18.7. The second kappa shape index (κ2) is 5.51. The minimum absolute atomic E-state index is 0.0499. The monoisotopic (exact) mass is 248 g/mol. The van der Waals surface area contributed by atoms with Gasteiger partial charge in [-0.1, -0.05) is 18.2 Å². The Hall–Kier alpha value is -2.07. The second-order valence-corrected chi connectivity index (χ2v) is 3.84. The molecular formula is C14H13FO3. The summed E-state index contributed by atoms with van der Waals surface area (Å²) in [4.78, 5) is 0. The molecule has 0 saturated carbocycles. The zero-order chi connectivity index (χ0) is 13.0. The number of phenols is 1. The van der Waals surface area contributed by atoms with Gasteiger partial charge in [-0.2, -0.15) is 0 Å². The van der Waals surface area contributed by atoms with Gasteiger partial charge in [-0.15, -0.1) is 0 Å². The van der Waals surface area contributed by atoms with Crippen molar-refractivity contribution in [2.24, 2.45) is 0 Å². The zero-order valence-electron chi connectivity index (χ0n) is 9.58. The minimum Gasteiger partial charge on any atom is -0.508 e. The van der Waals surface area contributed by atoms with Crippen LogP contribution >= 0.6 is 0 Å². The lowest BCUT2D eigenvalue weighted by Gasteiger charge is -2.13. The van der Waals surface area contributed by atoms with Gasteiger partial charge in [0.25, 0.3) is 0 Å². The quantitative estimate of drug-likeness (QED) is 0.874. The summed E-state index contributed by atoms with van der Waals surface area (Å²) in [6.45, 7) is -0.0499. The van der Waals surface area contributed by atoms with Crippen LogP contribution in [0, 0.1) is 5.82 Å². The fourth-order valence-electron chi connectivity index (χ4n) is 1.55. The van der Waals surface area contributed by atoms with E-state index < -0.39 is 11.9 Å². The van der Waals surface area contributed by atoms with Gasteiger partial charge in [-0.25, -0.2) is 4.39 Å². The van der Waals surface area contributed by atoms with Crippen molar-refractivity contribution in [1.82, 2.24) is 0 Å². The molecule has 0 fully saturated rings. The molecule has 2 aromatic rings. The topological polar surface area (TPSA) is 49.7 Å². The van der Waals surface area contributed by atoms with E-state index in [4.69, 9.17) is 9.84 Å². The smallest absolute Gasteiger partial charge is 0.129 e. The summed E-state index contributed by atoms with van der Waals surface area (Å²) in [5.41, 5.74) is 0.205. The number of phenolic OH excluding ortho intramolecular Hbond substituents is 1. The molecule has 18 heavy (non-hydrogen) atoms. The van der Waals surface area contributed by atoms with Crippen LogP contribution in [-0.2, 0) is 0 Å². The molecule has 0 heterocycles.